The zero-order valence-electron chi connectivity index (χ0n) is 7.70. The summed E-state index contributed by atoms with van der Waals surface area (Å²) in [5, 5.41) is 0. The van der Waals surface area contributed by atoms with Crippen LogP contribution in [0.1, 0.15) is 22.8 Å². The number of amides is 1. The molecule has 1 aromatic rings. The Balaban J connectivity index is 2.66. The number of aromatic nitrogens is 1. The second kappa shape index (κ2) is 4.57. The first-order valence-corrected chi connectivity index (χ1v) is 4.08. The van der Waals surface area contributed by atoms with Crippen LogP contribution in [0.4, 0.5) is 0 Å². The molecule has 0 bridgehead atoms. The molecule has 13 heavy (non-hydrogen) atoms. The van der Waals surface area contributed by atoms with E-state index in [4.69, 9.17) is 4.84 Å². The molecular weight excluding hydrogens is 168 g/mol. The minimum absolute atomic E-state index is 0.266. The van der Waals surface area contributed by atoms with Gasteiger partial charge in [-0.25, -0.2) is 5.48 Å². The van der Waals surface area contributed by atoms with E-state index in [1.807, 2.05) is 6.92 Å². The predicted molar refractivity (Wildman–Crippen MR) is 48.1 cm³/mol. The number of carbonyl (C=O) groups is 1. The number of nitrogens with zero attached hydrogens (tertiary/aromatic N) is 1. The van der Waals surface area contributed by atoms with Crippen LogP contribution in [0.15, 0.2) is 18.5 Å². The first-order chi connectivity index (χ1) is 6.24. The molecule has 1 rings (SSSR count). The Bertz CT molecular complexity index is 299. The Labute approximate surface area is 76.9 Å². The van der Waals surface area contributed by atoms with Gasteiger partial charge in [0.05, 0.1) is 12.2 Å². The van der Waals surface area contributed by atoms with Crippen molar-refractivity contribution in [1.82, 2.24) is 10.5 Å². The van der Waals surface area contributed by atoms with E-state index < -0.39 is 0 Å². The highest BCUT2D eigenvalue weighted by atomic mass is 16.6. The molecular formula is C9H12N2O2. The van der Waals surface area contributed by atoms with Gasteiger partial charge >= 0.3 is 0 Å². The van der Waals surface area contributed by atoms with Gasteiger partial charge in [-0.05, 0) is 25.5 Å². The van der Waals surface area contributed by atoms with Crippen molar-refractivity contribution in [3.8, 4) is 0 Å². The van der Waals surface area contributed by atoms with E-state index in [0.717, 1.165) is 5.56 Å². The molecule has 0 aliphatic carbocycles. The topological polar surface area (TPSA) is 51.2 Å². The Morgan fingerprint density at radius 3 is 3.00 bits per heavy atom. The lowest BCUT2D eigenvalue weighted by Crippen LogP contribution is -2.23. The van der Waals surface area contributed by atoms with Crippen LogP contribution < -0.4 is 5.48 Å². The van der Waals surface area contributed by atoms with Crippen LogP contribution in [0.3, 0.4) is 0 Å². The third kappa shape index (κ3) is 2.83. The Kier molecular flexibility index (Phi) is 3.40. The van der Waals surface area contributed by atoms with Gasteiger partial charge < -0.3 is 0 Å². The molecule has 1 amide bonds. The summed E-state index contributed by atoms with van der Waals surface area (Å²) >= 11 is 0. The summed E-state index contributed by atoms with van der Waals surface area (Å²) in [6, 6.07) is 1.75. The van der Waals surface area contributed by atoms with Gasteiger partial charge in [0.25, 0.3) is 5.91 Å². The van der Waals surface area contributed by atoms with Gasteiger partial charge in [-0.3, -0.25) is 14.6 Å². The number of pyridine rings is 1. The Hall–Kier alpha value is -1.42. The fraction of sp³-hybridized carbons (Fsp3) is 0.333. The van der Waals surface area contributed by atoms with Crippen LogP contribution in [0.25, 0.3) is 0 Å². The van der Waals surface area contributed by atoms with E-state index in [0.29, 0.717) is 12.2 Å². The maximum atomic E-state index is 11.3. The molecule has 0 saturated heterocycles. The Morgan fingerprint density at radius 1 is 1.62 bits per heavy atom. The minimum atomic E-state index is -0.266. The maximum Gasteiger partial charge on any atom is 0.276 e. The average molecular weight is 180 g/mol. The van der Waals surface area contributed by atoms with Gasteiger partial charge in [0.15, 0.2) is 0 Å². The molecule has 0 aromatic carbocycles. The highest BCUT2D eigenvalue weighted by Gasteiger charge is 2.04. The van der Waals surface area contributed by atoms with Crippen molar-refractivity contribution in [2.24, 2.45) is 0 Å². The summed E-state index contributed by atoms with van der Waals surface area (Å²) in [5.74, 6) is -0.266. The number of nitrogens with one attached hydrogen (secondary N) is 1. The third-order valence-electron chi connectivity index (χ3n) is 1.45. The number of rotatable bonds is 3. The quantitative estimate of drug-likeness (QED) is 0.708. The van der Waals surface area contributed by atoms with Crippen molar-refractivity contribution in [3.05, 3.63) is 29.6 Å². The number of hydroxylamine groups is 1. The molecule has 0 radical (unpaired) electrons. The standard InChI is InChI=1S/C9H12N2O2/c1-3-13-11-9(12)8-4-7(2)5-10-6-8/h4-6H,3H2,1-2H3,(H,11,12). The maximum absolute atomic E-state index is 11.3. The monoisotopic (exact) mass is 180 g/mol. The van der Waals surface area contributed by atoms with Crippen LogP contribution in [-0.4, -0.2) is 17.5 Å². The van der Waals surface area contributed by atoms with Crippen LogP contribution in [-0.2, 0) is 4.84 Å². The van der Waals surface area contributed by atoms with E-state index in [1.165, 1.54) is 6.20 Å². The SMILES string of the molecule is CCONC(=O)c1cncc(C)c1. The van der Waals surface area contributed by atoms with Gasteiger partial charge in [0, 0.05) is 12.4 Å². The van der Waals surface area contributed by atoms with E-state index in [2.05, 4.69) is 10.5 Å². The summed E-state index contributed by atoms with van der Waals surface area (Å²) in [7, 11) is 0. The largest absolute Gasteiger partial charge is 0.276 e. The molecule has 1 N–H and O–H groups in total. The van der Waals surface area contributed by atoms with E-state index in [9.17, 15) is 4.79 Å². The number of carbonyl (C=O) groups excluding carboxylic acids is 1. The van der Waals surface area contributed by atoms with E-state index in [1.54, 1.807) is 19.2 Å². The summed E-state index contributed by atoms with van der Waals surface area (Å²) in [6.07, 6.45) is 3.19. The molecule has 70 valence electrons. The van der Waals surface area contributed by atoms with E-state index >= 15 is 0 Å². The smallest absolute Gasteiger partial charge is 0.274 e. The first kappa shape index (κ1) is 9.67. The number of hydrogen-bond donors (Lipinski definition) is 1. The van der Waals surface area contributed by atoms with Crippen LogP contribution >= 0.6 is 0 Å². The number of aryl methyl sites for hydroxylation is 1. The van der Waals surface area contributed by atoms with Crippen molar-refractivity contribution in [2.45, 2.75) is 13.8 Å². The minimum Gasteiger partial charge on any atom is -0.274 e. The van der Waals surface area contributed by atoms with Crippen molar-refractivity contribution in [2.75, 3.05) is 6.61 Å². The molecule has 1 aromatic heterocycles. The summed E-state index contributed by atoms with van der Waals surface area (Å²) in [5.41, 5.74) is 3.75. The lowest BCUT2D eigenvalue weighted by Gasteiger charge is -2.03. The molecule has 1 heterocycles. The van der Waals surface area contributed by atoms with Crippen LogP contribution in [0, 0.1) is 6.92 Å². The number of hydrogen-bond acceptors (Lipinski definition) is 3. The molecule has 0 unspecified atom stereocenters. The second-order valence-corrected chi connectivity index (χ2v) is 2.62. The fourth-order valence-corrected chi connectivity index (χ4v) is 0.876. The van der Waals surface area contributed by atoms with Crippen LogP contribution in [0.5, 0.6) is 0 Å². The van der Waals surface area contributed by atoms with Crippen molar-refractivity contribution >= 4 is 5.91 Å². The molecule has 0 fully saturated rings. The molecule has 0 aliphatic rings. The highest BCUT2D eigenvalue weighted by molar-refractivity contribution is 5.93. The highest BCUT2D eigenvalue weighted by Crippen LogP contribution is 2.00. The van der Waals surface area contributed by atoms with Crippen LogP contribution in [0.2, 0.25) is 0 Å². The molecule has 4 heteroatoms. The first-order valence-electron chi connectivity index (χ1n) is 4.08. The zero-order valence-corrected chi connectivity index (χ0v) is 7.70. The van der Waals surface area contributed by atoms with Gasteiger partial charge in [-0.1, -0.05) is 0 Å². The summed E-state index contributed by atoms with van der Waals surface area (Å²) < 4.78 is 0. The summed E-state index contributed by atoms with van der Waals surface area (Å²) in [4.78, 5) is 19.9. The van der Waals surface area contributed by atoms with Gasteiger partial charge in [0.2, 0.25) is 0 Å². The second-order valence-electron chi connectivity index (χ2n) is 2.62. The predicted octanol–water partition coefficient (Wildman–Crippen LogP) is 1.07. The summed E-state index contributed by atoms with van der Waals surface area (Å²) in [6.45, 7) is 4.13. The van der Waals surface area contributed by atoms with Crippen molar-refractivity contribution in [1.29, 1.82) is 0 Å². The zero-order chi connectivity index (χ0) is 9.68. The van der Waals surface area contributed by atoms with E-state index in [-0.39, 0.29) is 5.91 Å². The molecule has 0 spiro atoms. The normalized spacial score (nSPS) is 9.69. The van der Waals surface area contributed by atoms with Gasteiger partial charge in [-0.15, -0.1) is 0 Å². The molecule has 0 atom stereocenters. The molecule has 0 aliphatic heterocycles. The Morgan fingerprint density at radius 2 is 2.38 bits per heavy atom. The van der Waals surface area contributed by atoms with Crippen molar-refractivity contribution < 1.29 is 9.63 Å². The lowest BCUT2D eigenvalue weighted by molar-refractivity contribution is 0.0364. The lowest BCUT2D eigenvalue weighted by atomic mass is 10.2. The third-order valence-corrected chi connectivity index (χ3v) is 1.45. The van der Waals surface area contributed by atoms with Gasteiger partial charge in [-0.2, -0.15) is 0 Å². The van der Waals surface area contributed by atoms with Gasteiger partial charge in [0.1, 0.15) is 0 Å². The fourth-order valence-electron chi connectivity index (χ4n) is 0.876. The average Bonchev–Trinajstić information content (AvgIpc) is 2.14. The molecule has 4 nitrogen and oxygen atoms in total. The molecule has 0 saturated carbocycles. The van der Waals surface area contributed by atoms with Crippen molar-refractivity contribution in [3.63, 3.8) is 0 Å².